The van der Waals surface area contributed by atoms with Crippen molar-refractivity contribution in [3.05, 3.63) is 43.6 Å². The molecule has 0 saturated heterocycles. The summed E-state index contributed by atoms with van der Waals surface area (Å²) in [6.07, 6.45) is 0. The van der Waals surface area contributed by atoms with Crippen LogP contribution in [0.5, 0.6) is 11.5 Å². The van der Waals surface area contributed by atoms with Gasteiger partial charge in [-0.1, -0.05) is 25.4 Å². The molecule has 1 aromatic carbocycles. The number of benzene rings is 1. The molecule has 0 saturated carbocycles. The second-order valence-electron chi connectivity index (χ2n) is 7.14. The summed E-state index contributed by atoms with van der Waals surface area (Å²) in [4.78, 5) is 41.6. The van der Waals surface area contributed by atoms with Gasteiger partial charge in [0, 0.05) is 25.8 Å². The minimum absolute atomic E-state index is 0.00708. The monoisotopic (exact) mass is 438 g/mol. The first-order valence-corrected chi connectivity index (χ1v) is 9.65. The molecule has 0 spiro atoms. The maximum absolute atomic E-state index is 13.3. The largest absolute Gasteiger partial charge is 0.454 e. The highest BCUT2D eigenvalue weighted by Crippen LogP contribution is 2.40. The van der Waals surface area contributed by atoms with Gasteiger partial charge >= 0.3 is 5.69 Å². The van der Waals surface area contributed by atoms with Crippen LogP contribution in [0.25, 0.3) is 0 Å². The number of carbonyl (C=O) groups excluding carboxylic acids is 1. The van der Waals surface area contributed by atoms with Crippen LogP contribution in [-0.2, 0) is 11.3 Å². The number of aromatic amines is 1. The molecule has 0 radical (unpaired) electrons. The molecular formula is C19H23ClN4O6. The van der Waals surface area contributed by atoms with Crippen LogP contribution in [0.2, 0.25) is 5.02 Å². The lowest BCUT2D eigenvalue weighted by atomic mass is 10.1. The van der Waals surface area contributed by atoms with E-state index in [4.69, 9.17) is 31.5 Å². The highest BCUT2D eigenvalue weighted by molar-refractivity contribution is 6.33. The number of methoxy groups -OCH3 is 1. The van der Waals surface area contributed by atoms with Crippen molar-refractivity contribution in [1.82, 2.24) is 9.55 Å². The van der Waals surface area contributed by atoms with Gasteiger partial charge in [-0.15, -0.1) is 0 Å². The van der Waals surface area contributed by atoms with E-state index < -0.39 is 17.2 Å². The molecule has 3 N–H and O–H groups in total. The van der Waals surface area contributed by atoms with Crippen LogP contribution in [0, 0.1) is 5.92 Å². The number of nitrogens with zero attached hydrogens (tertiary/aromatic N) is 2. The standard InChI is InChI=1S/C19H23ClN4O6/c1-10(2)8-24-16(21)14(17(25)22-19(24)27)23(4-5-28-3)18(26)11-6-12(20)15-13(7-11)29-9-30-15/h6-7,10H,4-5,8-9,21H2,1-3H3,(H,22,25,27). The molecule has 3 rings (SSSR count). The molecule has 0 unspecified atom stereocenters. The van der Waals surface area contributed by atoms with Crippen molar-refractivity contribution in [2.45, 2.75) is 20.4 Å². The number of hydrogen-bond donors (Lipinski definition) is 2. The lowest BCUT2D eigenvalue weighted by molar-refractivity contribution is 0.0975. The number of fused-ring (bicyclic) bond motifs is 1. The summed E-state index contributed by atoms with van der Waals surface area (Å²) in [5.41, 5.74) is 4.81. The van der Waals surface area contributed by atoms with E-state index in [9.17, 15) is 14.4 Å². The molecule has 10 nitrogen and oxygen atoms in total. The van der Waals surface area contributed by atoms with E-state index in [0.29, 0.717) is 11.5 Å². The number of amides is 1. The number of halogens is 1. The SMILES string of the molecule is COCCN(C(=O)c1cc(Cl)c2c(c1)OCO2)c1c(N)n(CC(C)C)c(=O)[nH]c1=O. The second-order valence-corrected chi connectivity index (χ2v) is 7.55. The third kappa shape index (κ3) is 4.14. The van der Waals surface area contributed by atoms with Crippen LogP contribution in [0.1, 0.15) is 24.2 Å². The number of nitrogens with two attached hydrogens (primary N) is 1. The third-order valence-corrected chi connectivity index (χ3v) is 4.75. The van der Waals surface area contributed by atoms with Crippen molar-refractivity contribution in [3.63, 3.8) is 0 Å². The van der Waals surface area contributed by atoms with Gasteiger partial charge in [-0.3, -0.25) is 24.0 Å². The van der Waals surface area contributed by atoms with Crippen molar-refractivity contribution < 1.29 is 19.0 Å². The summed E-state index contributed by atoms with van der Waals surface area (Å²) in [7, 11) is 1.47. The Morgan fingerprint density at radius 1 is 1.37 bits per heavy atom. The molecule has 162 valence electrons. The topological polar surface area (TPSA) is 129 Å². The average Bonchev–Trinajstić information content (AvgIpc) is 3.16. The number of anilines is 2. The Morgan fingerprint density at radius 3 is 2.77 bits per heavy atom. The Kier molecular flexibility index (Phi) is 6.37. The first kappa shape index (κ1) is 21.7. The van der Waals surface area contributed by atoms with Gasteiger partial charge in [-0.2, -0.15) is 0 Å². The summed E-state index contributed by atoms with van der Waals surface area (Å²) in [6, 6.07) is 2.90. The van der Waals surface area contributed by atoms with E-state index in [1.54, 1.807) is 0 Å². The van der Waals surface area contributed by atoms with Crippen LogP contribution < -0.4 is 31.4 Å². The first-order valence-electron chi connectivity index (χ1n) is 9.27. The van der Waals surface area contributed by atoms with E-state index in [-0.39, 0.29) is 54.5 Å². The maximum Gasteiger partial charge on any atom is 0.330 e. The number of aromatic nitrogens is 2. The molecule has 0 bridgehead atoms. The summed E-state index contributed by atoms with van der Waals surface area (Å²) in [6.45, 7) is 4.22. The van der Waals surface area contributed by atoms with E-state index in [2.05, 4.69) is 4.98 Å². The Labute approximate surface area is 177 Å². The summed E-state index contributed by atoms with van der Waals surface area (Å²) in [5.74, 6) is 0.0937. The van der Waals surface area contributed by atoms with E-state index in [0.717, 1.165) is 0 Å². The Hall–Kier alpha value is -2.98. The van der Waals surface area contributed by atoms with E-state index in [1.165, 1.54) is 28.7 Å². The summed E-state index contributed by atoms with van der Waals surface area (Å²) < 4.78 is 16.9. The lowest BCUT2D eigenvalue weighted by Crippen LogP contribution is -2.42. The Balaban J connectivity index is 2.11. The molecular weight excluding hydrogens is 416 g/mol. The zero-order valence-corrected chi connectivity index (χ0v) is 17.6. The fourth-order valence-electron chi connectivity index (χ4n) is 3.13. The lowest BCUT2D eigenvalue weighted by Gasteiger charge is -2.25. The van der Waals surface area contributed by atoms with Gasteiger partial charge in [-0.05, 0) is 18.1 Å². The number of rotatable bonds is 7. The molecule has 2 aromatic rings. The van der Waals surface area contributed by atoms with Crippen LogP contribution in [0.15, 0.2) is 21.7 Å². The van der Waals surface area contributed by atoms with Crippen LogP contribution >= 0.6 is 11.6 Å². The number of hydrogen-bond acceptors (Lipinski definition) is 7. The molecule has 11 heteroatoms. The Morgan fingerprint density at radius 2 is 2.10 bits per heavy atom. The van der Waals surface area contributed by atoms with Gasteiger partial charge < -0.3 is 19.9 Å². The van der Waals surface area contributed by atoms with Crippen molar-refractivity contribution in [2.24, 2.45) is 5.92 Å². The zero-order valence-electron chi connectivity index (χ0n) is 16.9. The quantitative estimate of drug-likeness (QED) is 0.669. The molecule has 0 aliphatic carbocycles. The minimum atomic E-state index is -0.770. The van der Waals surface area contributed by atoms with Gasteiger partial charge in [0.2, 0.25) is 6.79 Å². The van der Waals surface area contributed by atoms with Crippen molar-refractivity contribution >= 4 is 29.0 Å². The van der Waals surface area contributed by atoms with Gasteiger partial charge in [-0.25, -0.2) is 4.79 Å². The van der Waals surface area contributed by atoms with Gasteiger partial charge in [0.25, 0.3) is 11.5 Å². The van der Waals surface area contributed by atoms with Gasteiger partial charge in [0.15, 0.2) is 17.2 Å². The molecule has 2 heterocycles. The number of nitrogens with one attached hydrogen (secondary N) is 1. The third-order valence-electron chi connectivity index (χ3n) is 4.47. The first-order chi connectivity index (χ1) is 14.2. The second kappa shape index (κ2) is 8.80. The van der Waals surface area contributed by atoms with E-state index in [1.807, 2.05) is 13.8 Å². The maximum atomic E-state index is 13.3. The number of ether oxygens (including phenoxy) is 3. The summed E-state index contributed by atoms with van der Waals surface area (Å²) >= 11 is 6.20. The van der Waals surface area contributed by atoms with E-state index >= 15 is 0 Å². The number of nitrogen functional groups attached to an aromatic ring is 1. The zero-order chi connectivity index (χ0) is 22.0. The van der Waals surface area contributed by atoms with Gasteiger partial charge in [0.1, 0.15) is 5.82 Å². The fourth-order valence-corrected chi connectivity index (χ4v) is 3.39. The highest BCUT2D eigenvalue weighted by Gasteiger charge is 2.28. The van der Waals surface area contributed by atoms with Crippen LogP contribution in [0.3, 0.4) is 0 Å². The van der Waals surface area contributed by atoms with Crippen LogP contribution in [0.4, 0.5) is 11.5 Å². The smallest absolute Gasteiger partial charge is 0.330 e. The molecule has 1 aromatic heterocycles. The normalized spacial score (nSPS) is 12.4. The minimum Gasteiger partial charge on any atom is -0.454 e. The van der Waals surface area contributed by atoms with Crippen molar-refractivity contribution in [1.29, 1.82) is 0 Å². The van der Waals surface area contributed by atoms with Crippen molar-refractivity contribution in [2.75, 3.05) is 37.7 Å². The fraction of sp³-hybridized carbons (Fsp3) is 0.421. The van der Waals surface area contributed by atoms with Crippen molar-refractivity contribution in [3.8, 4) is 11.5 Å². The Bertz CT molecular complexity index is 1080. The highest BCUT2D eigenvalue weighted by atomic mass is 35.5. The molecule has 1 aliphatic rings. The molecule has 30 heavy (non-hydrogen) atoms. The molecule has 0 atom stereocenters. The molecule has 1 amide bonds. The molecule has 1 aliphatic heterocycles. The van der Waals surface area contributed by atoms with Gasteiger partial charge in [0.05, 0.1) is 11.6 Å². The average molecular weight is 439 g/mol. The summed E-state index contributed by atoms with van der Waals surface area (Å²) in [5, 5.41) is 0.201. The molecule has 0 fully saturated rings. The predicted octanol–water partition coefficient (Wildman–Crippen LogP) is 1.45. The number of carbonyl (C=O) groups is 1. The number of H-pyrrole nitrogens is 1. The predicted molar refractivity (Wildman–Crippen MR) is 112 cm³/mol. The van der Waals surface area contributed by atoms with Crippen LogP contribution in [-0.4, -0.2) is 42.5 Å².